The molecule has 5 nitrogen and oxygen atoms in total. The van der Waals surface area contributed by atoms with Crippen LogP contribution in [0.25, 0.3) is 10.6 Å². The van der Waals surface area contributed by atoms with E-state index >= 15 is 0 Å². The van der Waals surface area contributed by atoms with E-state index in [1.54, 1.807) is 23.5 Å². The molecule has 1 aromatic carbocycles. The van der Waals surface area contributed by atoms with E-state index in [2.05, 4.69) is 10.3 Å². The number of nitrogens with zero attached hydrogens (tertiary/aromatic N) is 1. The fourth-order valence-corrected chi connectivity index (χ4v) is 4.22. The van der Waals surface area contributed by atoms with Crippen LogP contribution in [0.4, 0.5) is 5.69 Å². The normalized spacial score (nSPS) is 11.4. The topological polar surface area (TPSA) is 76.1 Å². The lowest BCUT2D eigenvalue weighted by Crippen LogP contribution is -2.14. The average molecular weight is 379 g/mol. The van der Waals surface area contributed by atoms with Gasteiger partial charge in [0.1, 0.15) is 5.01 Å². The standard InChI is InChI=1S/C16H14N2O3S3/c1-24(20,21)14-4-2-12(3-5-14)17-15(19)8-13-10-23-16(18-13)11-6-7-22-9-11/h2-7,9-10H,8H2,1H3,(H,17,19). The van der Waals surface area contributed by atoms with E-state index in [0.717, 1.165) is 16.8 Å². The highest BCUT2D eigenvalue weighted by atomic mass is 32.2. The maximum absolute atomic E-state index is 12.1. The monoisotopic (exact) mass is 378 g/mol. The van der Waals surface area contributed by atoms with Crippen molar-refractivity contribution in [3.63, 3.8) is 0 Å². The number of rotatable bonds is 5. The number of thiophene rings is 1. The largest absolute Gasteiger partial charge is 0.326 e. The van der Waals surface area contributed by atoms with E-state index in [1.165, 1.54) is 23.5 Å². The Bertz CT molecular complexity index is 943. The molecule has 0 fully saturated rings. The predicted molar refractivity (Wildman–Crippen MR) is 97.3 cm³/mol. The van der Waals surface area contributed by atoms with Gasteiger partial charge in [-0.2, -0.15) is 11.3 Å². The van der Waals surface area contributed by atoms with Crippen molar-refractivity contribution >= 4 is 44.1 Å². The Labute approximate surface area is 147 Å². The van der Waals surface area contributed by atoms with Gasteiger partial charge in [0.05, 0.1) is 17.0 Å². The number of anilines is 1. The van der Waals surface area contributed by atoms with Crippen molar-refractivity contribution in [3.05, 3.63) is 52.2 Å². The number of aromatic nitrogens is 1. The van der Waals surface area contributed by atoms with Crippen molar-refractivity contribution in [1.29, 1.82) is 0 Å². The highest BCUT2D eigenvalue weighted by Crippen LogP contribution is 2.26. The van der Waals surface area contributed by atoms with E-state index < -0.39 is 9.84 Å². The van der Waals surface area contributed by atoms with E-state index in [0.29, 0.717) is 11.4 Å². The molecule has 8 heteroatoms. The van der Waals surface area contributed by atoms with Crippen molar-refractivity contribution in [2.45, 2.75) is 11.3 Å². The molecule has 0 aliphatic carbocycles. The lowest BCUT2D eigenvalue weighted by Gasteiger charge is -2.05. The second kappa shape index (κ2) is 6.84. The molecule has 0 unspecified atom stereocenters. The van der Waals surface area contributed by atoms with Crippen LogP contribution in [0, 0.1) is 0 Å². The van der Waals surface area contributed by atoms with Crippen LogP contribution in [0.3, 0.4) is 0 Å². The molecular weight excluding hydrogens is 364 g/mol. The summed E-state index contributed by atoms with van der Waals surface area (Å²) in [6, 6.07) is 8.10. The van der Waals surface area contributed by atoms with Crippen LogP contribution in [-0.4, -0.2) is 25.6 Å². The molecule has 0 spiro atoms. The summed E-state index contributed by atoms with van der Waals surface area (Å²) in [5.74, 6) is -0.190. The number of carbonyl (C=O) groups is 1. The average Bonchev–Trinajstić information content (AvgIpc) is 3.17. The predicted octanol–water partition coefficient (Wildman–Crippen LogP) is 3.46. The van der Waals surface area contributed by atoms with Gasteiger partial charge < -0.3 is 5.32 Å². The van der Waals surface area contributed by atoms with Crippen LogP contribution in [0.5, 0.6) is 0 Å². The number of carbonyl (C=O) groups excluding carboxylic acids is 1. The maximum Gasteiger partial charge on any atom is 0.230 e. The number of sulfone groups is 1. The first kappa shape index (κ1) is 16.8. The van der Waals surface area contributed by atoms with Crippen LogP contribution in [0.15, 0.2) is 51.4 Å². The van der Waals surface area contributed by atoms with E-state index in [1.807, 2.05) is 22.2 Å². The summed E-state index contributed by atoms with van der Waals surface area (Å²) < 4.78 is 22.8. The number of benzene rings is 1. The Hall–Kier alpha value is -2.03. The number of nitrogens with one attached hydrogen (secondary N) is 1. The summed E-state index contributed by atoms with van der Waals surface area (Å²) in [5.41, 5.74) is 2.33. The summed E-state index contributed by atoms with van der Waals surface area (Å²) in [6.07, 6.45) is 1.32. The Morgan fingerprint density at radius 2 is 1.92 bits per heavy atom. The Balaban J connectivity index is 1.64. The van der Waals surface area contributed by atoms with Crippen LogP contribution in [0.1, 0.15) is 5.69 Å². The molecule has 0 radical (unpaired) electrons. The summed E-state index contributed by atoms with van der Waals surface area (Å²) >= 11 is 3.12. The summed E-state index contributed by atoms with van der Waals surface area (Å²) in [4.78, 5) is 16.8. The Morgan fingerprint density at radius 1 is 1.17 bits per heavy atom. The smallest absolute Gasteiger partial charge is 0.230 e. The zero-order valence-corrected chi connectivity index (χ0v) is 15.2. The molecule has 0 atom stereocenters. The quantitative estimate of drug-likeness (QED) is 0.738. The molecule has 0 bridgehead atoms. The van der Waals surface area contributed by atoms with Crippen LogP contribution >= 0.6 is 22.7 Å². The molecule has 2 aromatic heterocycles. The second-order valence-corrected chi connectivity index (χ2v) is 8.83. The minimum Gasteiger partial charge on any atom is -0.326 e. The molecule has 1 N–H and O–H groups in total. The Morgan fingerprint density at radius 3 is 2.54 bits per heavy atom. The van der Waals surface area contributed by atoms with Crippen LogP contribution in [-0.2, 0) is 21.1 Å². The highest BCUT2D eigenvalue weighted by Gasteiger charge is 2.11. The van der Waals surface area contributed by atoms with Crippen LogP contribution in [0.2, 0.25) is 0 Å². The first-order chi connectivity index (χ1) is 11.4. The molecule has 3 aromatic rings. The van der Waals surface area contributed by atoms with E-state index in [4.69, 9.17) is 0 Å². The van der Waals surface area contributed by atoms with Crippen molar-refractivity contribution in [2.75, 3.05) is 11.6 Å². The number of hydrogen-bond acceptors (Lipinski definition) is 6. The zero-order valence-electron chi connectivity index (χ0n) is 12.7. The van der Waals surface area contributed by atoms with E-state index in [-0.39, 0.29) is 17.2 Å². The number of hydrogen-bond donors (Lipinski definition) is 1. The van der Waals surface area contributed by atoms with Crippen molar-refractivity contribution in [2.24, 2.45) is 0 Å². The molecule has 2 heterocycles. The molecule has 24 heavy (non-hydrogen) atoms. The van der Waals surface area contributed by atoms with Gasteiger partial charge in [-0.1, -0.05) is 0 Å². The third-order valence-electron chi connectivity index (χ3n) is 3.23. The first-order valence-corrected chi connectivity index (χ1v) is 10.7. The summed E-state index contributed by atoms with van der Waals surface area (Å²) in [7, 11) is -3.24. The minimum atomic E-state index is -3.24. The molecule has 0 saturated heterocycles. The van der Waals surface area contributed by atoms with Gasteiger partial charge in [0.2, 0.25) is 5.91 Å². The Kier molecular flexibility index (Phi) is 4.79. The minimum absolute atomic E-state index is 0.175. The lowest BCUT2D eigenvalue weighted by molar-refractivity contribution is -0.115. The molecule has 0 saturated carbocycles. The zero-order chi connectivity index (χ0) is 17.2. The van der Waals surface area contributed by atoms with Crippen LogP contribution < -0.4 is 5.32 Å². The van der Waals surface area contributed by atoms with Gasteiger partial charge in [-0.15, -0.1) is 11.3 Å². The molecule has 1 amide bonds. The van der Waals surface area contributed by atoms with Crippen molar-refractivity contribution in [1.82, 2.24) is 4.98 Å². The lowest BCUT2D eigenvalue weighted by atomic mass is 10.3. The van der Waals surface area contributed by atoms with Gasteiger partial charge in [-0.3, -0.25) is 4.79 Å². The number of thiazole rings is 1. The molecule has 0 aliphatic heterocycles. The van der Waals surface area contributed by atoms with Gasteiger partial charge in [-0.05, 0) is 35.7 Å². The first-order valence-electron chi connectivity index (χ1n) is 6.99. The third kappa shape index (κ3) is 4.08. The van der Waals surface area contributed by atoms with Gasteiger partial charge >= 0.3 is 0 Å². The van der Waals surface area contributed by atoms with Crippen molar-refractivity contribution < 1.29 is 13.2 Å². The van der Waals surface area contributed by atoms with Crippen molar-refractivity contribution in [3.8, 4) is 10.6 Å². The number of amides is 1. The van der Waals surface area contributed by atoms with Gasteiger partial charge in [0.15, 0.2) is 9.84 Å². The fraction of sp³-hybridized carbons (Fsp3) is 0.125. The summed E-state index contributed by atoms with van der Waals surface area (Å²) in [5, 5.41) is 9.53. The van der Waals surface area contributed by atoms with E-state index in [9.17, 15) is 13.2 Å². The van der Waals surface area contributed by atoms with Gasteiger partial charge in [0, 0.05) is 28.3 Å². The fourth-order valence-electron chi connectivity index (χ4n) is 2.06. The maximum atomic E-state index is 12.1. The highest BCUT2D eigenvalue weighted by molar-refractivity contribution is 7.90. The molecule has 0 aliphatic rings. The summed E-state index contributed by atoms with van der Waals surface area (Å²) in [6.45, 7) is 0. The third-order valence-corrected chi connectivity index (χ3v) is 5.98. The molecule has 124 valence electrons. The van der Waals surface area contributed by atoms with Gasteiger partial charge in [0.25, 0.3) is 0 Å². The van der Waals surface area contributed by atoms with Gasteiger partial charge in [-0.25, -0.2) is 13.4 Å². The SMILES string of the molecule is CS(=O)(=O)c1ccc(NC(=O)Cc2csc(-c3ccsc3)n2)cc1. The molecular formula is C16H14N2O3S3. The molecule has 3 rings (SSSR count). The second-order valence-electron chi connectivity index (χ2n) is 5.18.